The van der Waals surface area contributed by atoms with Crippen molar-refractivity contribution >= 4 is 28.5 Å². The SMILES string of the molecule is O=C(C[C@@H](Cn1cnnn1)c1ccc(Cl)cc1)NCCc1nc2ccccc2[nH]1. The van der Waals surface area contributed by atoms with Gasteiger partial charge in [-0.3, -0.25) is 4.79 Å². The Labute approximate surface area is 172 Å². The maximum atomic E-state index is 12.6. The second-order valence-corrected chi connectivity index (χ2v) is 7.22. The van der Waals surface area contributed by atoms with Crippen LogP contribution in [0.2, 0.25) is 5.02 Å². The van der Waals surface area contributed by atoms with Crippen molar-refractivity contribution in [1.29, 1.82) is 0 Å². The number of H-pyrrole nitrogens is 1. The Morgan fingerprint density at radius 1 is 1.17 bits per heavy atom. The normalized spacial score (nSPS) is 12.2. The van der Waals surface area contributed by atoms with Crippen molar-refractivity contribution in [3.05, 3.63) is 71.3 Å². The van der Waals surface area contributed by atoms with Crippen LogP contribution in [0.15, 0.2) is 54.9 Å². The zero-order valence-corrected chi connectivity index (χ0v) is 16.4. The number of amides is 1. The van der Waals surface area contributed by atoms with Crippen LogP contribution in [-0.4, -0.2) is 42.6 Å². The Morgan fingerprint density at radius 3 is 2.76 bits per heavy atom. The number of aromatic nitrogens is 6. The zero-order valence-electron chi connectivity index (χ0n) is 15.6. The number of fused-ring (bicyclic) bond motifs is 1. The van der Waals surface area contributed by atoms with Crippen molar-refractivity contribution in [3.63, 3.8) is 0 Å². The fourth-order valence-corrected chi connectivity index (χ4v) is 3.38. The molecule has 2 N–H and O–H groups in total. The summed E-state index contributed by atoms with van der Waals surface area (Å²) in [5, 5.41) is 14.9. The van der Waals surface area contributed by atoms with E-state index in [1.165, 1.54) is 0 Å². The van der Waals surface area contributed by atoms with Crippen molar-refractivity contribution in [1.82, 2.24) is 35.5 Å². The number of nitrogens with one attached hydrogen (secondary N) is 2. The number of tetrazole rings is 1. The summed E-state index contributed by atoms with van der Waals surface area (Å²) in [5.41, 5.74) is 2.94. The summed E-state index contributed by atoms with van der Waals surface area (Å²) in [6.07, 6.45) is 2.50. The molecule has 2 heterocycles. The van der Waals surface area contributed by atoms with Crippen molar-refractivity contribution in [2.75, 3.05) is 6.54 Å². The molecule has 2 aromatic carbocycles. The molecule has 0 saturated carbocycles. The molecule has 1 amide bonds. The van der Waals surface area contributed by atoms with Gasteiger partial charge in [-0.1, -0.05) is 35.9 Å². The molecule has 148 valence electrons. The Hall–Kier alpha value is -3.26. The molecule has 0 aliphatic rings. The minimum absolute atomic E-state index is 0.0332. The van der Waals surface area contributed by atoms with Gasteiger partial charge < -0.3 is 10.3 Å². The predicted octanol–water partition coefficient (Wildman–Crippen LogP) is 2.74. The van der Waals surface area contributed by atoms with Crippen molar-refractivity contribution in [3.8, 4) is 0 Å². The summed E-state index contributed by atoms with van der Waals surface area (Å²) in [5.74, 6) is 0.755. The van der Waals surface area contributed by atoms with Gasteiger partial charge in [-0.25, -0.2) is 9.67 Å². The van der Waals surface area contributed by atoms with Gasteiger partial charge in [0.2, 0.25) is 5.91 Å². The van der Waals surface area contributed by atoms with Crippen LogP contribution in [0.3, 0.4) is 0 Å². The minimum atomic E-state index is -0.0676. The van der Waals surface area contributed by atoms with Crippen molar-refractivity contribution in [2.45, 2.75) is 25.3 Å². The van der Waals surface area contributed by atoms with Gasteiger partial charge in [-0.15, -0.1) is 5.10 Å². The van der Waals surface area contributed by atoms with E-state index < -0.39 is 0 Å². The lowest BCUT2D eigenvalue weighted by atomic mass is 9.95. The van der Waals surface area contributed by atoms with E-state index in [0.717, 1.165) is 22.4 Å². The number of carbonyl (C=O) groups excluding carboxylic acids is 1. The standard InChI is InChI=1S/C20H20ClN7O/c21-16-7-5-14(6-8-16)15(12-28-13-23-26-27-28)11-20(29)22-10-9-19-24-17-3-1-2-4-18(17)25-19/h1-8,13,15H,9-12H2,(H,22,29)(H,24,25)/t15-/m0/s1. The van der Waals surface area contributed by atoms with Crippen LogP contribution in [0.4, 0.5) is 0 Å². The average molecular weight is 410 g/mol. The molecule has 0 saturated heterocycles. The number of hydrogen-bond acceptors (Lipinski definition) is 5. The molecule has 0 fully saturated rings. The highest BCUT2D eigenvalue weighted by atomic mass is 35.5. The highest BCUT2D eigenvalue weighted by molar-refractivity contribution is 6.30. The number of hydrogen-bond donors (Lipinski definition) is 2. The third-order valence-corrected chi connectivity index (χ3v) is 4.95. The van der Waals surface area contributed by atoms with Crippen molar-refractivity contribution in [2.24, 2.45) is 0 Å². The van der Waals surface area contributed by atoms with Gasteiger partial charge in [0.25, 0.3) is 0 Å². The second kappa shape index (κ2) is 8.83. The molecule has 0 aliphatic heterocycles. The molecule has 0 aliphatic carbocycles. The first-order chi connectivity index (χ1) is 14.2. The van der Waals surface area contributed by atoms with Crippen LogP contribution >= 0.6 is 11.6 Å². The van der Waals surface area contributed by atoms with Crippen LogP contribution in [0.1, 0.15) is 23.7 Å². The molecular formula is C20H20ClN7O. The Bertz CT molecular complexity index is 1040. The third-order valence-electron chi connectivity index (χ3n) is 4.69. The topological polar surface area (TPSA) is 101 Å². The number of para-hydroxylation sites is 2. The first-order valence-electron chi connectivity index (χ1n) is 9.34. The smallest absolute Gasteiger partial charge is 0.220 e. The quantitative estimate of drug-likeness (QED) is 0.466. The lowest BCUT2D eigenvalue weighted by Crippen LogP contribution is -2.28. The maximum absolute atomic E-state index is 12.6. The lowest BCUT2D eigenvalue weighted by molar-refractivity contribution is -0.121. The van der Waals surface area contributed by atoms with Gasteiger partial charge in [0.15, 0.2) is 0 Å². The van der Waals surface area contributed by atoms with Crippen LogP contribution in [-0.2, 0) is 17.8 Å². The van der Waals surface area contributed by atoms with E-state index in [1.807, 2.05) is 48.5 Å². The highest BCUT2D eigenvalue weighted by Crippen LogP contribution is 2.23. The summed E-state index contributed by atoms with van der Waals surface area (Å²) >= 11 is 6.00. The van der Waals surface area contributed by atoms with Crippen LogP contribution in [0.25, 0.3) is 11.0 Å². The molecule has 0 spiro atoms. The number of benzene rings is 2. The lowest BCUT2D eigenvalue weighted by Gasteiger charge is -2.17. The van der Waals surface area contributed by atoms with E-state index in [2.05, 4.69) is 30.8 Å². The van der Waals surface area contributed by atoms with E-state index in [4.69, 9.17) is 11.6 Å². The molecule has 0 radical (unpaired) electrons. The first-order valence-corrected chi connectivity index (χ1v) is 9.72. The third kappa shape index (κ3) is 4.97. The molecule has 0 unspecified atom stereocenters. The maximum Gasteiger partial charge on any atom is 0.220 e. The molecule has 9 heteroatoms. The largest absolute Gasteiger partial charge is 0.356 e. The molecule has 2 aromatic heterocycles. The number of aromatic amines is 1. The fourth-order valence-electron chi connectivity index (χ4n) is 3.25. The predicted molar refractivity (Wildman–Crippen MR) is 109 cm³/mol. The van der Waals surface area contributed by atoms with Gasteiger partial charge in [-0.2, -0.15) is 0 Å². The molecule has 1 atom stereocenters. The second-order valence-electron chi connectivity index (χ2n) is 6.79. The van der Waals surface area contributed by atoms with E-state index >= 15 is 0 Å². The summed E-state index contributed by atoms with van der Waals surface area (Å²) < 4.78 is 1.63. The highest BCUT2D eigenvalue weighted by Gasteiger charge is 2.18. The number of rotatable bonds is 8. The van der Waals surface area contributed by atoms with Gasteiger partial charge in [0.1, 0.15) is 12.2 Å². The van der Waals surface area contributed by atoms with Gasteiger partial charge in [0.05, 0.1) is 17.6 Å². The van der Waals surface area contributed by atoms with Crippen LogP contribution < -0.4 is 5.32 Å². The molecule has 8 nitrogen and oxygen atoms in total. The van der Waals surface area contributed by atoms with Crippen LogP contribution in [0.5, 0.6) is 0 Å². The van der Waals surface area contributed by atoms with E-state index in [9.17, 15) is 4.79 Å². The van der Waals surface area contributed by atoms with Crippen molar-refractivity contribution < 1.29 is 4.79 Å². The van der Waals surface area contributed by atoms with E-state index in [-0.39, 0.29) is 11.8 Å². The van der Waals surface area contributed by atoms with E-state index in [1.54, 1.807) is 11.0 Å². The number of nitrogens with zero attached hydrogens (tertiary/aromatic N) is 5. The number of halogens is 1. The van der Waals surface area contributed by atoms with Gasteiger partial charge >= 0.3 is 0 Å². The Balaban J connectivity index is 1.36. The minimum Gasteiger partial charge on any atom is -0.356 e. The molecule has 0 bridgehead atoms. The summed E-state index contributed by atoms with van der Waals surface area (Å²) in [7, 11) is 0. The average Bonchev–Trinajstić information content (AvgIpc) is 3.37. The summed E-state index contributed by atoms with van der Waals surface area (Å²) in [4.78, 5) is 20.4. The zero-order chi connectivity index (χ0) is 20.1. The van der Waals surface area contributed by atoms with Gasteiger partial charge in [-0.05, 0) is 40.3 Å². The molecular weight excluding hydrogens is 390 g/mol. The Morgan fingerprint density at radius 2 is 2.00 bits per heavy atom. The number of carbonyl (C=O) groups is 1. The van der Waals surface area contributed by atoms with E-state index in [0.29, 0.717) is 31.0 Å². The van der Waals surface area contributed by atoms with Crippen LogP contribution in [0, 0.1) is 0 Å². The monoisotopic (exact) mass is 409 g/mol. The molecule has 4 aromatic rings. The summed E-state index contributed by atoms with van der Waals surface area (Å²) in [6.45, 7) is 1.02. The van der Waals surface area contributed by atoms with Gasteiger partial charge in [0, 0.05) is 30.3 Å². The fraction of sp³-hybridized carbons (Fsp3) is 0.250. The Kier molecular flexibility index (Phi) is 5.81. The number of imidazole rings is 1. The first kappa shape index (κ1) is 19.1. The molecule has 4 rings (SSSR count). The summed E-state index contributed by atoms with van der Waals surface area (Å²) in [6, 6.07) is 15.4. The molecule has 29 heavy (non-hydrogen) atoms.